The van der Waals surface area contributed by atoms with E-state index in [2.05, 4.69) is 62.5 Å². The van der Waals surface area contributed by atoms with Crippen LogP contribution in [0.3, 0.4) is 0 Å². The van der Waals surface area contributed by atoms with Crippen molar-refractivity contribution >= 4 is 22.9 Å². The van der Waals surface area contributed by atoms with Gasteiger partial charge < -0.3 is 5.32 Å². The zero-order valence-electron chi connectivity index (χ0n) is 13.0. The Hall–Kier alpha value is -0.830. The lowest BCUT2D eigenvalue weighted by atomic mass is 9.88. The van der Waals surface area contributed by atoms with E-state index in [0.29, 0.717) is 12.0 Å². The van der Waals surface area contributed by atoms with Crippen LogP contribution in [0.25, 0.3) is 0 Å². The van der Waals surface area contributed by atoms with Crippen LogP contribution in [0.5, 0.6) is 0 Å². The first-order chi connectivity index (χ1) is 10.2. The fourth-order valence-corrected chi connectivity index (χ4v) is 4.10. The van der Waals surface area contributed by atoms with Gasteiger partial charge in [0.05, 0.1) is 4.34 Å². The minimum absolute atomic E-state index is 0.341. The molecule has 1 nitrogen and oxygen atoms in total. The van der Waals surface area contributed by atoms with Crippen molar-refractivity contribution in [2.75, 3.05) is 6.54 Å². The molecule has 0 bridgehead atoms. The third-order valence-electron chi connectivity index (χ3n) is 3.87. The predicted molar refractivity (Wildman–Crippen MR) is 94.6 cm³/mol. The molecule has 0 spiro atoms. The van der Waals surface area contributed by atoms with Crippen LogP contribution in [0, 0.1) is 6.92 Å². The number of halogens is 1. The molecule has 114 valence electrons. The summed E-state index contributed by atoms with van der Waals surface area (Å²) in [4.78, 5) is 1.35. The molecule has 1 aromatic carbocycles. The highest BCUT2D eigenvalue weighted by Crippen LogP contribution is 2.39. The Morgan fingerprint density at radius 2 is 1.90 bits per heavy atom. The molecule has 2 atom stereocenters. The topological polar surface area (TPSA) is 12.0 Å². The first kappa shape index (κ1) is 16.5. The van der Waals surface area contributed by atoms with Crippen LogP contribution >= 0.6 is 22.9 Å². The second kappa shape index (κ2) is 7.98. The average Bonchev–Trinajstić information content (AvgIpc) is 2.83. The lowest BCUT2D eigenvalue weighted by molar-refractivity contribution is 0.441. The van der Waals surface area contributed by atoms with E-state index in [-0.39, 0.29) is 0 Å². The molecule has 0 aliphatic rings. The quantitative estimate of drug-likeness (QED) is 0.665. The summed E-state index contributed by atoms with van der Waals surface area (Å²) in [5.74, 6) is 0.479. The van der Waals surface area contributed by atoms with Crippen molar-refractivity contribution in [3.05, 3.63) is 56.7 Å². The molecule has 0 aliphatic heterocycles. The van der Waals surface area contributed by atoms with E-state index in [1.807, 2.05) is 0 Å². The number of hydrogen-bond acceptors (Lipinski definition) is 2. The van der Waals surface area contributed by atoms with E-state index in [9.17, 15) is 0 Å². The number of hydrogen-bond donors (Lipinski definition) is 1. The molecule has 0 aliphatic carbocycles. The molecule has 1 N–H and O–H groups in total. The Bertz CT molecular complexity index is 530. The van der Waals surface area contributed by atoms with Gasteiger partial charge in [0.15, 0.2) is 0 Å². The molecule has 0 saturated heterocycles. The number of benzene rings is 1. The molecule has 2 rings (SSSR count). The van der Waals surface area contributed by atoms with Gasteiger partial charge in [0.2, 0.25) is 0 Å². The Labute approximate surface area is 137 Å². The van der Waals surface area contributed by atoms with Crippen LogP contribution in [0.4, 0.5) is 0 Å². The summed E-state index contributed by atoms with van der Waals surface area (Å²) in [6.45, 7) is 7.59. The molecule has 3 heteroatoms. The van der Waals surface area contributed by atoms with Crippen molar-refractivity contribution in [2.24, 2.45) is 0 Å². The van der Waals surface area contributed by atoms with Crippen LogP contribution in [0.15, 0.2) is 36.4 Å². The fourth-order valence-electron chi connectivity index (χ4n) is 2.74. The summed E-state index contributed by atoms with van der Waals surface area (Å²) < 4.78 is 0.913. The van der Waals surface area contributed by atoms with Gasteiger partial charge in [-0.1, -0.05) is 55.8 Å². The zero-order valence-corrected chi connectivity index (χ0v) is 14.6. The molecule has 21 heavy (non-hydrogen) atoms. The molecule has 1 heterocycles. The van der Waals surface area contributed by atoms with Gasteiger partial charge in [-0.15, -0.1) is 11.3 Å². The molecule has 2 aromatic rings. The van der Waals surface area contributed by atoms with Crippen LogP contribution in [-0.4, -0.2) is 6.54 Å². The number of nitrogens with one attached hydrogen (secondary N) is 1. The Morgan fingerprint density at radius 1 is 1.19 bits per heavy atom. The second-order valence-electron chi connectivity index (χ2n) is 5.46. The maximum absolute atomic E-state index is 6.29. The fraction of sp³-hybridized carbons (Fsp3) is 0.444. The standard InChI is InChI=1S/C18H24ClNS/c1-4-11-20-17(16-12-13(3)18(19)21-16)15(5-2)14-9-7-6-8-10-14/h6-10,12,15,17,20H,4-5,11H2,1-3H3. The van der Waals surface area contributed by atoms with Gasteiger partial charge in [0.25, 0.3) is 0 Å². The average molecular weight is 322 g/mol. The van der Waals surface area contributed by atoms with Crippen molar-refractivity contribution in [3.63, 3.8) is 0 Å². The van der Waals surface area contributed by atoms with Gasteiger partial charge in [-0.05, 0) is 43.5 Å². The van der Waals surface area contributed by atoms with Gasteiger partial charge in [-0.2, -0.15) is 0 Å². The van der Waals surface area contributed by atoms with Crippen molar-refractivity contribution in [1.29, 1.82) is 0 Å². The molecule has 0 radical (unpaired) electrons. The van der Waals surface area contributed by atoms with Crippen molar-refractivity contribution < 1.29 is 0 Å². The highest BCUT2D eigenvalue weighted by Gasteiger charge is 2.24. The van der Waals surface area contributed by atoms with Gasteiger partial charge in [-0.25, -0.2) is 0 Å². The molecule has 0 fully saturated rings. The van der Waals surface area contributed by atoms with Crippen molar-refractivity contribution in [2.45, 2.75) is 45.6 Å². The summed E-state index contributed by atoms with van der Waals surface area (Å²) in [6.07, 6.45) is 2.25. The van der Waals surface area contributed by atoms with E-state index < -0.39 is 0 Å². The summed E-state index contributed by atoms with van der Waals surface area (Å²) in [7, 11) is 0. The Balaban J connectivity index is 2.33. The zero-order chi connectivity index (χ0) is 15.2. The third-order valence-corrected chi connectivity index (χ3v) is 5.51. The minimum atomic E-state index is 0.341. The maximum Gasteiger partial charge on any atom is 0.0960 e. The lowest BCUT2D eigenvalue weighted by Crippen LogP contribution is -2.27. The first-order valence-electron chi connectivity index (χ1n) is 7.71. The Kier molecular flexibility index (Phi) is 6.28. The first-order valence-corrected chi connectivity index (χ1v) is 8.91. The molecule has 0 amide bonds. The summed E-state index contributed by atoms with van der Waals surface area (Å²) in [6, 6.07) is 13.4. The monoisotopic (exact) mass is 321 g/mol. The van der Waals surface area contributed by atoms with Crippen LogP contribution < -0.4 is 5.32 Å². The molecular formula is C18H24ClNS. The highest BCUT2D eigenvalue weighted by molar-refractivity contribution is 7.16. The summed E-state index contributed by atoms with van der Waals surface area (Å²) in [5.41, 5.74) is 2.58. The van der Waals surface area contributed by atoms with Crippen molar-refractivity contribution in [3.8, 4) is 0 Å². The maximum atomic E-state index is 6.29. The highest BCUT2D eigenvalue weighted by atomic mass is 35.5. The molecule has 1 aromatic heterocycles. The summed E-state index contributed by atoms with van der Waals surface area (Å²) in [5, 5.41) is 3.73. The number of thiophene rings is 1. The van der Waals surface area contributed by atoms with E-state index in [1.54, 1.807) is 11.3 Å². The Morgan fingerprint density at radius 3 is 2.43 bits per heavy atom. The van der Waals surface area contributed by atoms with Crippen LogP contribution in [-0.2, 0) is 0 Å². The van der Waals surface area contributed by atoms with Crippen LogP contribution in [0.2, 0.25) is 4.34 Å². The largest absolute Gasteiger partial charge is 0.309 e. The van der Waals surface area contributed by atoms with Crippen molar-refractivity contribution in [1.82, 2.24) is 5.32 Å². The van der Waals surface area contributed by atoms with Gasteiger partial charge in [0.1, 0.15) is 0 Å². The molecule has 0 saturated carbocycles. The van der Waals surface area contributed by atoms with E-state index in [1.165, 1.54) is 16.0 Å². The number of rotatable bonds is 7. The smallest absolute Gasteiger partial charge is 0.0960 e. The molecule has 2 unspecified atom stereocenters. The van der Waals surface area contributed by atoms with Crippen LogP contribution in [0.1, 0.15) is 54.7 Å². The lowest BCUT2D eigenvalue weighted by Gasteiger charge is -2.27. The third kappa shape index (κ3) is 4.09. The normalized spacial score (nSPS) is 14.1. The minimum Gasteiger partial charge on any atom is -0.309 e. The van der Waals surface area contributed by atoms with Gasteiger partial charge in [-0.3, -0.25) is 0 Å². The summed E-state index contributed by atoms with van der Waals surface area (Å²) >= 11 is 8.01. The van der Waals surface area contributed by atoms with E-state index >= 15 is 0 Å². The van der Waals surface area contributed by atoms with E-state index in [0.717, 1.165) is 23.7 Å². The van der Waals surface area contributed by atoms with Gasteiger partial charge in [0, 0.05) is 16.8 Å². The molecular weight excluding hydrogens is 298 g/mol. The van der Waals surface area contributed by atoms with Gasteiger partial charge >= 0.3 is 0 Å². The SMILES string of the molecule is CCCNC(c1cc(C)c(Cl)s1)C(CC)c1ccccc1. The number of aryl methyl sites for hydroxylation is 1. The second-order valence-corrected chi connectivity index (χ2v) is 7.15. The predicted octanol–water partition coefficient (Wildman–Crippen LogP) is 5.94. The van der Waals surface area contributed by atoms with E-state index in [4.69, 9.17) is 11.6 Å².